The lowest BCUT2D eigenvalue weighted by Gasteiger charge is -2.14. The van der Waals surface area contributed by atoms with Crippen LogP contribution in [0.25, 0.3) is 10.6 Å². The number of hydrogen-bond donors (Lipinski definition) is 1. The van der Waals surface area contributed by atoms with Crippen LogP contribution in [0.3, 0.4) is 0 Å². The first-order valence-electron chi connectivity index (χ1n) is 7.24. The predicted octanol–water partition coefficient (Wildman–Crippen LogP) is 3.17. The van der Waals surface area contributed by atoms with Gasteiger partial charge in [0.15, 0.2) is 0 Å². The van der Waals surface area contributed by atoms with Crippen LogP contribution in [-0.2, 0) is 12.8 Å². The number of nitrogens with zero attached hydrogens (tertiary/aromatic N) is 2. The molecule has 1 atom stereocenters. The maximum absolute atomic E-state index is 10.1. The number of benzene rings is 1. The number of thiazole rings is 1. The molecule has 1 unspecified atom stereocenters. The fourth-order valence-electron chi connectivity index (χ4n) is 3.22. The van der Waals surface area contributed by atoms with E-state index in [2.05, 4.69) is 30.1 Å². The summed E-state index contributed by atoms with van der Waals surface area (Å²) in [6, 6.07) is 6.64. The third-order valence-electron chi connectivity index (χ3n) is 4.38. The second-order valence-corrected chi connectivity index (χ2v) is 6.78. The summed E-state index contributed by atoms with van der Waals surface area (Å²) in [5, 5.41) is 11.1. The molecule has 0 radical (unpaired) electrons. The van der Waals surface area contributed by atoms with E-state index in [0.29, 0.717) is 0 Å². The third-order valence-corrected chi connectivity index (χ3v) is 5.62. The first kappa shape index (κ1) is 12.4. The van der Waals surface area contributed by atoms with Crippen molar-refractivity contribution in [2.45, 2.75) is 31.8 Å². The lowest BCUT2D eigenvalue weighted by atomic mass is 10.0. The average Bonchev–Trinajstić information content (AvgIpc) is 3.04. The molecule has 1 aromatic heterocycles. The summed E-state index contributed by atoms with van der Waals surface area (Å²) >= 11 is 1.67. The first-order valence-corrected chi connectivity index (χ1v) is 8.06. The standard InChI is InChI=1S/C16H18N2OS/c1-18-8-7-10-9-11(5-6-13(10)18)16-17-12-3-2-4-14(19)15(12)20-16/h5-6,9,14,19H,2-4,7-8H2,1H3. The minimum absolute atomic E-state index is 0.300. The molecule has 4 heteroatoms. The number of aromatic nitrogens is 1. The summed E-state index contributed by atoms with van der Waals surface area (Å²) in [6.07, 6.45) is 3.76. The number of aliphatic hydroxyl groups excluding tert-OH is 1. The van der Waals surface area contributed by atoms with E-state index in [1.165, 1.54) is 16.8 Å². The molecule has 2 aliphatic rings. The minimum atomic E-state index is -0.300. The van der Waals surface area contributed by atoms with Gasteiger partial charge in [-0.05, 0) is 49.4 Å². The summed E-state index contributed by atoms with van der Waals surface area (Å²) in [5.41, 5.74) is 5.07. The van der Waals surface area contributed by atoms with E-state index in [-0.39, 0.29) is 6.10 Å². The zero-order chi connectivity index (χ0) is 13.7. The molecule has 3 nitrogen and oxygen atoms in total. The molecule has 0 saturated heterocycles. The highest BCUT2D eigenvalue weighted by molar-refractivity contribution is 7.15. The molecule has 0 saturated carbocycles. The van der Waals surface area contributed by atoms with Crippen molar-refractivity contribution in [3.63, 3.8) is 0 Å². The summed E-state index contributed by atoms with van der Waals surface area (Å²) in [4.78, 5) is 8.15. The highest BCUT2D eigenvalue weighted by Crippen LogP contribution is 2.39. The molecular weight excluding hydrogens is 268 g/mol. The van der Waals surface area contributed by atoms with E-state index < -0.39 is 0 Å². The van der Waals surface area contributed by atoms with Crippen LogP contribution in [-0.4, -0.2) is 23.7 Å². The van der Waals surface area contributed by atoms with E-state index in [0.717, 1.165) is 47.8 Å². The van der Waals surface area contributed by atoms with E-state index in [9.17, 15) is 5.11 Å². The van der Waals surface area contributed by atoms with E-state index in [4.69, 9.17) is 4.98 Å². The first-order chi connectivity index (χ1) is 9.72. The van der Waals surface area contributed by atoms with Crippen LogP contribution in [0.2, 0.25) is 0 Å². The summed E-state index contributed by atoms with van der Waals surface area (Å²) in [6.45, 7) is 1.10. The molecule has 1 aliphatic heterocycles. The van der Waals surface area contributed by atoms with Crippen LogP contribution >= 0.6 is 11.3 Å². The Kier molecular flexibility index (Phi) is 2.82. The normalized spacial score (nSPS) is 20.9. The number of aliphatic hydroxyl groups is 1. The highest BCUT2D eigenvalue weighted by atomic mass is 32.1. The fraction of sp³-hybridized carbons (Fsp3) is 0.438. The van der Waals surface area contributed by atoms with Crippen molar-refractivity contribution in [2.75, 3.05) is 18.5 Å². The van der Waals surface area contributed by atoms with Gasteiger partial charge in [-0.25, -0.2) is 4.98 Å². The molecule has 0 spiro atoms. The van der Waals surface area contributed by atoms with Crippen LogP contribution < -0.4 is 4.90 Å². The highest BCUT2D eigenvalue weighted by Gasteiger charge is 2.24. The largest absolute Gasteiger partial charge is 0.388 e. The predicted molar refractivity (Wildman–Crippen MR) is 82.4 cm³/mol. The van der Waals surface area contributed by atoms with Gasteiger partial charge in [0.25, 0.3) is 0 Å². The van der Waals surface area contributed by atoms with Crippen molar-refractivity contribution < 1.29 is 5.11 Å². The Morgan fingerprint density at radius 1 is 1.35 bits per heavy atom. The molecule has 0 amide bonds. The Balaban J connectivity index is 1.75. The topological polar surface area (TPSA) is 36.4 Å². The van der Waals surface area contributed by atoms with Crippen molar-refractivity contribution in [3.05, 3.63) is 34.3 Å². The van der Waals surface area contributed by atoms with Gasteiger partial charge in [-0.1, -0.05) is 0 Å². The van der Waals surface area contributed by atoms with E-state index in [1.54, 1.807) is 11.3 Å². The van der Waals surface area contributed by atoms with Crippen molar-refractivity contribution in [2.24, 2.45) is 0 Å². The van der Waals surface area contributed by atoms with Gasteiger partial charge in [0, 0.05) is 24.8 Å². The Morgan fingerprint density at radius 2 is 2.25 bits per heavy atom. The molecule has 104 valence electrons. The van der Waals surface area contributed by atoms with Crippen LogP contribution in [0.4, 0.5) is 5.69 Å². The van der Waals surface area contributed by atoms with Crippen molar-refractivity contribution in [3.8, 4) is 10.6 Å². The van der Waals surface area contributed by atoms with E-state index in [1.807, 2.05) is 0 Å². The zero-order valence-corrected chi connectivity index (χ0v) is 12.4. The van der Waals surface area contributed by atoms with Gasteiger partial charge in [-0.3, -0.25) is 0 Å². The van der Waals surface area contributed by atoms with Gasteiger partial charge in [0.05, 0.1) is 16.7 Å². The molecule has 2 aromatic rings. The lowest BCUT2D eigenvalue weighted by molar-refractivity contribution is 0.160. The maximum Gasteiger partial charge on any atom is 0.123 e. The Bertz CT molecular complexity index is 664. The van der Waals surface area contributed by atoms with Crippen molar-refractivity contribution in [1.82, 2.24) is 4.98 Å². The molecule has 1 aliphatic carbocycles. The Hall–Kier alpha value is -1.39. The van der Waals surface area contributed by atoms with Gasteiger partial charge in [0.1, 0.15) is 5.01 Å². The van der Waals surface area contributed by atoms with Crippen LogP contribution in [0.5, 0.6) is 0 Å². The average molecular weight is 286 g/mol. The van der Waals surface area contributed by atoms with Gasteiger partial charge < -0.3 is 10.0 Å². The SMILES string of the molecule is CN1CCc2cc(-c3nc4c(s3)C(O)CCC4)ccc21. The number of aryl methyl sites for hydroxylation is 1. The molecule has 0 bridgehead atoms. The van der Waals surface area contributed by atoms with Crippen molar-refractivity contribution in [1.29, 1.82) is 0 Å². The van der Waals surface area contributed by atoms with Gasteiger partial charge in [-0.15, -0.1) is 11.3 Å². The number of rotatable bonds is 1. The smallest absolute Gasteiger partial charge is 0.123 e. The number of likely N-dealkylation sites (N-methyl/N-ethyl adjacent to an activating group) is 1. The summed E-state index contributed by atoms with van der Waals surface area (Å²) < 4.78 is 0. The molecule has 20 heavy (non-hydrogen) atoms. The Morgan fingerprint density at radius 3 is 3.10 bits per heavy atom. The van der Waals surface area contributed by atoms with Gasteiger partial charge >= 0.3 is 0 Å². The Labute approximate surface area is 122 Å². The quantitative estimate of drug-likeness (QED) is 0.874. The number of anilines is 1. The molecule has 0 fully saturated rings. The number of hydrogen-bond acceptors (Lipinski definition) is 4. The molecule has 1 N–H and O–H groups in total. The van der Waals surface area contributed by atoms with Gasteiger partial charge in [-0.2, -0.15) is 0 Å². The summed E-state index contributed by atoms with van der Waals surface area (Å²) in [7, 11) is 2.14. The van der Waals surface area contributed by atoms with Crippen LogP contribution in [0, 0.1) is 0 Å². The monoisotopic (exact) mass is 286 g/mol. The fourth-order valence-corrected chi connectivity index (χ4v) is 4.35. The second kappa shape index (κ2) is 4.57. The second-order valence-electron chi connectivity index (χ2n) is 5.75. The third kappa shape index (κ3) is 1.86. The van der Waals surface area contributed by atoms with Crippen LogP contribution in [0.1, 0.15) is 35.1 Å². The summed E-state index contributed by atoms with van der Waals surface area (Å²) in [5.74, 6) is 0. The van der Waals surface area contributed by atoms with Crippen LogP contribution in [0.15, 0.2) is 18.2 Å². The maximum atomic E-state index is 10.1. The van der Waals surface area contributed by atoms with Crippen molar-refractivity contribution >= 4 is 17.0 Å². The molecule has 1 aromatic carbocycles. The number of fused-ring (bicyclic) bond motifs is 2. The minimum Gasteiger partial charge on any atom is -0.388 e. The molecule has 2 heterocycles. The molecule has 4 rings (SSSR count). The van der Waals surface area contributed by atoms with Gasteiger partial charge in [0.2, 0.25) is 0 Å². The lowest BCUT2D eigenvalue weighted by Crippen LogP contribution is -2.12. The molecular formula is C16H18N2OS. The zero-order valence-electron chi connectivity index (χ0n) is 11.6. The van der Waals surface area contributed by atoms with E-state index >= 15 is 0 Å².